The van der Waals surface area contributed by atoms with Crippen molar-refractivity contribution >= 4 is 51.3 Å². The van der Waals surface area contributed by atoms with E-state index in [0.29, 0.717) is 33.7 Å². The van der Waals surface area contributed by atoms with Gasteiger partial charge in [-0.2, -0.15) is 13.2 Å². The predicted molar refractivity (Wildman–Crippen MR) is 145 cm³/mol. The molecule has 3 heterocycles. The van der Waals surface area contributed by atoms with Gasteiger partial charge >= 0.3 is 12.1 Å². The number of pyridine rings is 3. The highest BCUT2D eigenvalue weighted by atomic mass is 19.4. The molecule has 5 aromatic rings. The fourth-order valence-corrected chi connectivity index (χ4v) is 3.49. The molecule has 41 heavy (non-hydrogen) atoms. The fraction of sp³-hybridized carbons (Fsp3) is 0.0357. The smallest absolute Gasteiger partial charge is 0.475 e. The lowest BCUT2D eigenvalue weighted by atomic mass is 10.1. The lowest BCUT2D eigenvalue weighted by molar-refractivity contribution is -0.192. The molecule has 2 aromatic carbocycles. The summed E-state index contributed by atoms with van der Waals surface area (Å²) >= 11 is 0. The number of aromatic nitrogens is 3. The molecule has 4 N–H and O–H groups in total. The number of rotatable bonds is 6. The van der Waals surface area contributed by atoms with E-state index in [4.69, 9.17) is 9.90 Å². The van der Waals surface area contributed by atoms with Gasteiger partial charge in [0.1, 0.15) is 11.6 Å². The first-order chi connectivity index (χ1) is 19.6. The van der Waals surface area contributed by atoms with E-state index in [2.05, 4.69) is 30.9 Å². The fourth-order valence-electron chi connectivity index (χ4n) is 3.49. The number of carboxylic acid groups (broad SMARTS) is 1. The molecule has 0 radical (unpaired) electrons. The van der Waals surface area contributed by atoms with Crippen LogP contribution in [-0.2, 0) is 4.79 Å². The van der Waals surface area contributed by atoms with Crippen LogP contribution in [0.15, 0.2) is 97.6 Å². The second kappa shape index (κ2) is 12.5. The minimum absolute atomic E-state index is 0.303. The number of alkyl halides is 3. The van der Waals surface area contributed by atoms with Gasteiger partial charge in [-0.05, 0) is 60.7 Å². The highest BCUT2D eigenvalue weighted by molar-refractivity contribution is 6.04. The minimum Gasteiger partial charge on any atom is -0.475 e. The van der Waals surface area contributed by atoms with Gasteiger partial charge in [-0.3, -0.25) is 14.8 Å². The first-order valence-electron chi connectivity index (χ1n) is 11.7. The molecule has 0 aliphatic carbocycles. The lowest BCUT2D eigenvalue weighted by Gasteiger charge is -2.12. The Labute approximate surface area is 229 Å². The Balaban J connectivity index is 0.000000493. The summed E-state index contributed by atoms with van der Waals surface area (Å²) in [4.78, 5) is 34.3. The van der Waals surface area contributed by atoms with Gasteiger partial charge in [0.25, 0.3) is 5.91 Å². The molecule has 0 atom stereocenters. The van der Waals surface area contributed by atoms with E-state index in [1.807, 2.05) is 24.3 Å². The van der Waals surface area contributed by atoms with E-state index in [-0.39, 0.29) is 11.7 Å². The molecule has 0 spiro atoms. The summed E-state index contributed by atoms with van der Waals surface area (Å²) in [6.45, 7) is 0. The molecule has 0 bridgehead atoms. The van der Waals surface area contributed by atoms with E-state index in [1.165, 1.54) is 12.1 Å². The molecule has 5 rings (SSSR count). The summed E-state index contributed by atoms with van der Waals surface area (Å²) in [5, 5.41) is 17.1. The lowest BCUT2D eigenvalue weighted by Crippen LogP contribution is -2.21. The molecule has 0 fully saturated rings. The van der Waals surface area contributed by atoms with Crippen molar-refractivity contribution in [1.82, 2.24) is 15.0 Å². The number of nitrogens with one attached hydrogen (secondary N) is 3. The molecule has 13 heteroatoms. The first kappa shape index (κ1) is 28.4. The Kier molecular flexibility index (Phi) is 8.67. The number of anilines is 5. The van der Waals surface area contributed by atoms with Gasteiger partial charge in [-0.1, -0.05) is 6.07 Å². The normalized spacial score (nSPS) is 10.7. The van der Waals surface area contributed by atoms with E-state index in [0.717, 1.165) is 11.4 Å². The second-order valence-electron chi connectivity index (χ2n) is 8.27. The Morgan fingerprint density at radius 2 is 1.44 bits per heavy atom. The molecule has 9 nitrogen and oxygen atoms in total. The third-order valence-corrected chi connectivity index (χ3v) is 5.32. The second-order valence-corrected chi connectivity index (χ2v) is 8.27. The van der Waals surface area contributed by atoms with Crippen molar-refractivity contribution in [1.29, 1.82) is 0 Å². The van der Waals surface area contributed by atoms with Gasteiger partial charge in [0, 0.05) is 64.6 Å². The van der Waals surface area contributed by atoms with Crippen LogP contribution in [0.2, 0.25) is 0 Å². The van der Waals surface area contributed by atoms with Crippen LogP contribution >= 0.6 is 0 Å². The highest BCUT2D eigenvalue weighted by Gasteiger charge is 2.38. The Hall–Kier alpha value is -5.59. The highest BCUT2D eigenvalue weighted by Crippen LogP contribution is 2.26. The zero-order chi connectivity index (χ0) is 29.4. The average Bonchev–Trinajstić information content (AvgIpc) is 2.94. The summed E-state index contributed by atoms with van der Waals surface area (Å²) < 4.78 is 45.5. The molecule has 1 amide bonds. The number of benzene rings is 2. The number of nitrogens with zero attached hydrogens (tertiary/aromatic N) is 3. The van der Waals surface area contributed by atoms with Crippen LogP contribution in [0.3, 0.4) is 0 Å². The van der Waals surface area contributed by atoms with Gasteiger partial charge in [-0.25, -0.2) is 14.2 Å². The maximum atomic E-state index is 13.8. The number of hydrogen-bond acceptors (Lipinski definition) is 7. The van der Waals surface area contributed by atoms with Crippen molar-refractivity contribution < 1.29 is 32.3 Å². The van der Waals surface area contributed by atoms with Gasteiger partial charge in [-0.15, -0.1) is 0 Å². The number of carbonyl (C=O) groups is 2. The summed E-state index contributed by atoms with van der Waals surface area (Å²) in [7, 11) is 0. The number of hydrogen-bond donors (Lipinski definition) is 4. The SMILES string of the molecule is O=C(Nc1cc(Nc2ccncc2)ccn1)c1cccc(Nc2ccnc3ccc(F)cc23)c1.O=C(O)C(F)(F)F. The first-order valence-corrected chi connectivity index (χ1v) is 11.7. The topological polar surface area (TPSA) is 129 Å². The van der Waals surface area contributed by atoms with Gasteiger partial charge in [0.15, 0.2) is 0 Å². The number of carbonyl (C=O) groups excluding carboxylic acids is 1. The largest absolute Gasteiger partial charge is 0.490 e. The van der Waals surface area contributed by atoms with Crippen molar-refractivity contribution in [2.24, 2.45) is 0 Å². The van der Waals surface area contributed by atoms with Crippen LogP contribution in [-0.4, -0.2) is 38.1 Å². The van der Waals surface area contributed by atoms with Crippen LogP contribution in [0.1, 0.15) is 10.4 Å². The molecule has 208 valence electrons. The Bertz CT molecular complexity index is 1680. The molecule has 0 saturated carbocycles. The Morgan fingerprint density at radius 1 is 0.756 bits per heavy atom. The average molecular weight is 564 g/mol. The monoisotopic (exact) mass is 564 g/mol. The van der Waals surface area contributed by atoms with Crippen molar-refractivity contribution in [3.63, 3.8) is 0 Å². The maximum Gasteiger partial charge on any atom is 0.490 e. The van der Waals surface area contributed by atoms with Crippen LogP contribution < -0.4 is 16.0 Å². The van der Waals surface area contributed by atoms with Gasteiger partial charge in [0.2, 0.25) is 0 Å². The Morgan fingerprint density at radius 3 is 2.17 bits per heavy atom. The third kappa shape index (κ3) is 7.95. The van der Waals surface area contributed by atoms with E-state index >= 15 is 0 Å². The number of aliphatic carboxylic acids is 1. The number of amides is 1. The number of halogens is 4. The maximum absolute atomic E-state index is 13.8. The zero-order valence-electron chi connectivity index (χ0n) is 20.9. The molecule has 3 aromatic heterocycles. The van der Waals surface area contributed by atoms with E-state index in [1.54, 1.807) is 61.2 Å². The van der Waals surface area contributed by atoms with Gasteiger partial charge < -0.3 is 21.1 Å². The quantitative estimate of drug-likeness (QED) is 0.171. The number of fused-ring (bicyclic) bond motifs is 1. The predicted octanol–water partition coefficient (Wildman–Crippen LogP) is 6.54. The van der Waals surface area contributed by atoms with Crippen molar-refractivity contribution in [3.05, 3.63) is 109 Å². The molecule has 0 saturated heterocycles. The van der Waals surface area contributed by atoms with E-state index in [9.17, 15) is 22.4 Å². The molecule has 0 aliphatic heterocycles. The summed E-state index contributed by atoms with van der Waals surface area (Å²) in [5.74, 6) is -2.99. The molecule has 0 aliphatic rings. The standard InChI is InChI=1S/C26H19FN6O.C2HF3O2/c27-18-4-5-23-22(15-18)24(9-13-29-23)32-20-3-1-2-17(14-20)26(34)33-25-16-21(8-12-30-25)31-19-6-10-28-11-7-19;3-2(4,5)1(6)7/h1-16H,(H,29,32)(H2,28,30,31,33,34);(H,6,7). The minimum atomic E-state index is -5.08. The molecular formula is C28H20F4N6O3. The summed E-state index contributed by atoms with van der Waals surface area (Å²) in [6.07, 6.45) is 1.57. The van der Waals surface area contributed by atoms with E-state index < -0.39 is 12.1 Å². The summed E-state index contributed by atoms with van der Waals surface area (Å²) in [6, 6.07) is 20.5. The molecular weight excluding hydrogens is 544 g/mol. The van der Waals surface area contributed by atoms with Crippen LogP contribution in [0.5, 0.6) is 0 Å². The zero-order valence-corrected chi connectivity index (χ0v) is 20.9. The molecule has 0 unspecified atom stereocenters. The van der Waals surface area contributed by atoms with Crippen molar-refractivity contribution in [2.45, 2.75) is 6.18 Å². The third-order valence-electron chi connectivity index (χ3n) is 5.32. The van der Waals surface area contributed by atoms with Gasteiger partial charge in [0.05, 0.1) is 5.52 Å². The van der Waals surface area contributed by atoms with Crippen molar-refractivity contribution in [2.75, 3.05) is 16.0 Å². The van der Waals surface area contributed by atoms with Crippen molar-refractivity contribution in [3.8, 4) is 0 Å². The van der Waals surface area contributed by atoms with Crippen LogP contribution in [0, 0.1) is 5.82 Å². The number of carboxylic acids is 1. The van der Waals surface area contributed by atoms with Crippen LogP contribution in [0.4, 0.5) is 46.1 Å². The van der Waals surface area contributed by atoms with Crippen LogP contribution in [0.25, 0.3) is 10.9 Å². The summed E-state index contributed by atoms with van der Waals surface area (Å²) in [5.41, 5.74) is 4.16.